The number of rotatable bonds is 3. The molecule has 1 rings (SSSR count). The van der Waals surface area contributed by atoms with Gasteiger partial charge < -0.3 is 10.2 Å². The number of hydrogen-bond donors (Lipinski definition) is 2. The molecule has 0 saturated carbocycles. The van der Waals surface area contributed by atoms with Crippen LogP contribution in [0.3, 0.4) is 0 Å². The highest BCUT2D eigenvalue weighted by atomic mass is 32.2. The second-order valence-electron chi connectivity index (χ2n) is 2.72. The maximum absolute atomic E-state index is 10.2. The number of carboxylic acids is 1. The molecule has 3 nitrogen and oxygen atoms in total. The fourth-order valence-corrected chi connectivity index (χ4v) is 2.50. The zero-order valence-electron chi connectivity index (χ0n) is 6.19. The fourth-order valence-electron chi connectivity index (χ4n) is 1.22. The summed E-state index contributed by atoms with van der Waals surface area (Å²) in [5.74, 6) is 0.145. The van der Waals surface area contributed by atoms with Crippen LogP contribution in [0.15, 0.2) is 0 Å². The molecule has 0 aliphatic carbocycles. The van der Waals surface area contributed by atoms with E-state index in [1.807, 2.05) is 0 Å². The van der Waals surface area contributed by atoms with Crippen molar-refractivity contribution in [2.24, 2.45) is 0 Å². The number of aliphatic hydroxyl groups excluding tert-OH is 1. The Bertz CT molecular complexity index is 143. The molecule has 0 aromatic heterocycles. The van der Waals surface area contributed by atoms with Gasteiger partial charge in [0.05, 0.1) is 12.5 Å². The molecule has 1 aliphatic rings. The lowest BCUT2D eigenvalue weighted by molar-refractivity contribution is -0.139. The highest BCUT2D eigenvalue weighted by molar-refractivity contribution is 8.00. The summed E-state index contributed by atoms with van der Waals surface area (Å²) in [6.07, 6.45) is 1.29. The van der Waals surface area contributed by atoms with Gasteiger partial charge in [0, 0.05) is 5.25 Å². The zero-order valence-corrected chi connectivity index (χ0v) is 7.01. The van der Waals surface area contributed by atoms with Crippen molar-refractivity contribution in [2.75, 3.05) is 5.75 Å². The van der Waals surface area contributed by atoms with Gasteiger partial charge in [-0.3, -0.25) is 4.79 Å². The van der Waals surface area contributed by atoms with Gasteiger partial charge in [0.2, 0.25) is 0 Å². The number of thioether (sulfide) groups is 1. The van der Waals surface area contributed by atoms with Crippen molar-refractivity contribution in [2.45, 2.75) is 30.6 Å². The average molecular weight is 176 g/mol. The predicted octanol–water partition coefficient (Wildman–Crippen LogP) is 0.718. The molecule has 1 heterocycles. The van der Waals surface area contributed by atoms with E-state index in [0.29, 0.717) is 0 Å². The Labute approximate surface area is 69.8 Å². The summed E-state index contributed by atoms with van der Waals surface area (Å²) in [6.45, 7) is 0. The third-order valence-corrected chi connectivity index (χ3v) is 3.28. The Morgan fingerprint density at radius 2 is 2.45 bits per heavy atom. The second-order valence-corrected chi connectivity index (χ2v) is 4.06. The number of carbonyl (C=O) groups is 1. The zero-order chi connectivity index (χ0) is 8.27. The summed E-state index contributed by atoms with van der Waals surface area (Å²) >= 11 is 1.68. The lowest BCUT2D eigenvalue weighted by Gasteiger charge is -2.13. The summed E-state index contributed by atoms with van der Waals surface area (Å²) in [4.78, 5) is 10.2. The van der Waals surface area contributed by atoms with Crippen molar-refractivity contribution in [1.29, 1.82) is 0 Å². The lowest BCUT2D eigenvalue weighted by atomic mass is 10.1. The van der Waals surface area contributed by atoms with Crippen LogP contribution in [0.25, 0.3) is 0 Å². The molecule has 2 N–H and O–H groups in total. The van der Waals surface area contributed by atoms with Crippen LogP contribution in [0, 0.1) is 0 Å². The Balaban J connectivity index is 2.28. The molecule has 1 saturated heterocycles. The summed E-state index contributed by atoms with van der Waals surface area (Å²) in [7, 11) is 0. The van der Waals surface area contributed by atoms with Gasteiger partial charge in [-0.05, 0) is 18.6 Å². The van der Waals surface area contributed by atoms with Crippen LogP contribution in [0.5, 0.6) is 0 Å². The molecule has 11 heavy (non-hydrogen) atoms. The Kier molecular flexibility index (Phi) is 3.20. The highest BCUT2D eigenvalue weighted by Crippen LogP contribution is 2.29. The van der Waals surface area contributed by atoms with Crippen LogP contribution >= 0.6 is 11.8 Å². The normalized spacial score (nSPS) is 26.8. The average Bonchev–Trinajstić information content (AvgIpc) is 2.35. The van der Waals surface area contributed by atoms with Crippen molar-refractivity contribution in [3.8, 4) is 0 Å². The minimum absolute atomic E-state index is 0.113. The standard InChI is InChI=1S/C7H12O3S/c8-5(4-7(9)10)6-2-1-3-11-6/h5-6,8H,1-4H2,(H,9,10). The first kappa shape index (κ1) is 8.87. The maximum Gasteiger partial charge on any atom is 0.306 e. The smallest absolute Gasteiger partial charge is 0.306 e. The molecular weight excluding hydrogens is 164 g/mol. The van der Waals surface area contributed by atoms with E-state index in [4.69, 9.17) is 5.11 Å². The SMILES string of the molecule is O=C(O)CC(O)C1CCCS1. The van der Waals surface area contributed by atoms with Crippen molar-refractivity contribution in [3.05, 3.63) is 0 Å². The van der Waals surface area contributed by atoms with Gasteiger partial charge in [-0.2, -0.15) is 11.8 Å². The van der Waals surface area contributed by atoms with Crippen molar-refractivity contribution < 1.29 is 15.0 Å². The summed E-state index contributed by atoms with van der Waals surface area (Å²) in [5.41, 5.74) is 0. The van der Waals surface area contributed by atoms with E-state index >= 15 is 0 Å². The molecule has 0 spiro atoms. The van der Waals surface area contributed by atoms with E-state index in [-0.39, 0.29) is 11.7 Å². The second kappa shape index (κ2) is 3.97. The highest BCUT2D eigenvalue weighted by Gasteiger charge is 2.25. The Morgan fingerprint density at radius 1 is 1.73 bits per heavy atom. The van der Waals surface area contributed by atoms with Crippen LogP contribution < -0.4 is 0 Å². The van der Waals surface area contributed by atoms with Crippen molar-refractivity contribution >= 4 is 17.7 Å². The maximum atomic E-state index is 10.2. The molecule has 0 radical (unpaired) electrons. The van der Waals surface area contributed by atoms with Gasteiger partial charge in [-0.1, -0.05) is 0 Å². The first-order chi connectivity index (χ1) is 5.20. The minimum atomic E-state index is -0.912. The van der Waals surface area contributed by atoms with Crippen LogP contribution in [-0.4, -0.2) is 33.3 Å². The van der Waals surface area contributed by atoms with Gasteiger partial charge >= 0.3 is 5.97 Å². The molecular formula is C7H12O3S. The molecule has 2 atom stereocenters. The van der Waals surface area contributed by atoms with Gasteiger partial charge in [-0.15, -0.1) is 0 Å². The molecule has 0 aromatic rings. The molecule has 1 aliphatic heterocycles. The molecule has 0 aromatic carbocycles. The monoisotopic (exact) mass is 176 g/mol. The van der Waals surface area contributed by atoms with Gasteiger partial charge in [0.15, 0.2) is 0 Å². The third kappa shape index (κ3) is 2.71. The molecule has 0 amide bonds. The fraction of sp³-hybridized carbons (Fsp3) is 0.857. The van der Waals surface area contributed by atoms with E-state index < -0.39 is 12.1 Å². The predicted molar refractivity (Wildman–Crippen MR) is 43.7 cm³/mol. The third-order valence-electron chi connectivity index (χ3n) is 1.78. The summed E-state index contributed by atoms with van der Waals surface area (Å²) in [5, 5.41) is 17.9. The summed E-state index contributed by atoms with van der Waals surface area (Å²) in [6, 6.07) is 0. The number of hydrogen-bond acceptors (Lipinski definition) is 3. The van der Waals surface area contributed by atoms with Crippen LogP contribution in [0.1, 0.15) is 19.3 Å². The molecule has 64 valence electrons. The minimum Gasteiger partial charge on any atom is -0.481 e. The lowest BCUT2D eigenvalue weighted by Crippen LogP contribution is -2.23. The van der Waals surface area contributed by atoms with E-state index in [9.17, 15) is 9.90 Å². The Morgan fingerprint density at radius 3 is 2.91 bits per heavy atom. The van der Waals surface area contributed by atoms with Gasteiger partial charge in [0.1, 0.15) is 0 Å². The first-order valence-corrected chi connectivity index (χ1v) is 4.76. The van der Waals surface area contributed by atoms with E-state index in [2.05, 4.69) is 0 Å². The van der Waals surface area contributed by atoms with Crippen LogP contribution in [0.2, 0.25) is 0 Å². The van der Waals surface area contributed by atoms with Crippen LogP contribution in [0.4, 0.5) is 0 Å². The summed E-state index contributed by atoms with van der Waals surface area (Å²) < 4.78 is 0. The topological polar surface area (TPSA) is 57.5 Å². The van der Waals surface area contributed by atoms with Gasteiger partial charge in [0.25, 0.3) is 0 Å². The van der Waals surface area contributed by atoms with Crippen molar-refractivity contribution in [1.82, 2.24) is 0 Å². The number of carboxylic acid groups (broad SMARTS) is 1. The largest absolute Gasteiger partial charge is 0.481 e. The quantitative estimate of drug-likeness (QED) is 0.665. The van der Waals surface area contributed by atoms with Crippen molar-refractivity contribution in [3.63, 3.8) is 0 Å². The first-order valence-electron chi connectivity index (χ1n) is 3.71. The molecule has 4 heteroatoms. The number of aliphatic carboxylic acids is 1. The molecule has 0 bridgehead atoms. The molecule has 1 fully saturated rings. The van der Waals surface area contributed by atoms with E-state index in [0.717, 1.165) is 18.6 Å². The number of aliphatic hydroxyl groups is 1. The van der Waals surface area contributed by atoms with Crippen LogP contribution in [-0.2, 0) is 4.79 Å². The molecule has 2 unspecified atom stereocenters. The van der Waals surface area contributed by atoms with Gasteiger partial charge in [-0.25, -0.2) is 0 Å². The van der Waals surface area contributed by atoms with E-state index in [1.54, 1.807) is 11.8 Å². The van der Waals surface area contributed by atoms with E-state index in [1.165, 1.54) is 0 Å². The Hall–Kier alpha value is -0.220.